The fourth-order valence-corrected chi connectivity index (χ4v) is 2.57. The maximum absolute atomic E-state index is 12.3. The topological polar surface area (TPSA) is 88.9 Å². The van der Waals surface area contributed by atoms with Crippen LogP contribution in [0, 0.1) is 0 Å². The summed E-state index contributed by atoms with van der Waals surface area (Å²) in [5, 5.41) is 9.70. The Bertz CT molecular complexity index is 931. The van der Waals surface area contributed by atoms with Gasteiger partial charge in [-0.2, -0.15) is 5.10 Å². The van der Waals surface area contributed by atoms with E-state index in [0.717, 1.165) is 16.8 Å². The number of carbonyl (C=O) groups excluding carboxylic acids is 2. The Morgan fingerprint density at radius 1 is 1.12 bits per heavy atom. The van der Waals surface area contributed by atoms with Crippen molar-refractivity contribution in [2.24, 2.45) is 7.05 Å². The van der Waals surface area contributed by atoms with E-state index >= 15 is 0 Å². The third kappa shape index (κ3) is 4.13. The van der Waals surface area contributed by atoms with Gasteiger partial charge >= 0.3 is 0 Å². The molecule has 2 aromatic heterocycles. The lowest BCUT2D eigenvalue weighted by Crippen LogP contribution is -2.22. The van der Waals surface area contributed by atoms with Crippen LogP contribution < -0.4 is 10.6 Å². The van der Waals surface area contributed by atoms with Crippen LogP contribution in [0.15, 0.2) is 55.0 Å². The zero-order chi connectivity index (χ0) is 18.5. The van der Waals surface area contributed by atoms with Crippen LogP contribution in [0.4, 0.5) is 5.69 Å². The predicted molar refractivity (Wildman–Crippen MR) is 98.4 cm³/mol. The zero-order valence-electron chi connectivity index (χ0n) is 14.6. The summed E-state index contributed by atoms with van der Waals surface area (Å²) in [4.78, 5) is 27.5. The van der Waals surface area contributed by atoms with Gasteiger partial charge in [-0.25, -0.2) is 0 Å². The number of hydrogen-bond donors (Lipinski definition) is 2. The number of nitrogens with zero attached hydrogens (tertiary/aromatic N) is 3. The number of carbonyl (C=O) groups is 2. The third-order valence-electron chi connectivity index (χ3n) is 3.83. The van der Waals surface area contributed by atoms with Gasteiger partial charge in [0.2, 0.25) is 5.91 Å². The highest BCUT2D eigenvalue weighted by atomic mass is 16.2. The van der Waals surface area contributed by atoms with Crippen LogP contribution >= 0.6 is 0 Å². The molecule has 0 spiro atoms. The van der Waals surface area contributed by atoms with Crippen LogP contribution in [-0.2, 0) is 18.4 Å². The summed E-state index contributed by atoms with van der Waals surface area (Å²) >= 11 is 0. The smallest absolute Gasteiger partial charge is 0.251 e. The number of nitrogens with one attached hydrogen (secondary N) is 2. The quantitative estimate of drug-likeness (QED) is 0.740. The van der Waals surface area contributed by atoms with Crippen LogP contribution in [0.3, 0.4) is 0 Å². The Hall–Kier alpha value is -3.48. The molecule has 26 heavy (non-hydrogen) atoms. The van der Waals surface area contributed by atoms with Crippen LogP contribution in [-0.4, -0.2) is 26.6 Å². The van der Waals surface area contributed by atoms with Crippen LogP contribution in [0.1, 0.15) is 22.8 Å². The van der Waals surface area contributed by atoms with Crippen molar-refractivity contribution in [3.05, 3.63) is 66.1 Å². The van der Waals surface area contributed by atoms with Gasteiger partial charge in [0, 0.05) is 55.9 Å². The van der Waals surface area contributed by atoms with Gasteiger partial charge < -0.3 is 10.6 Å². The highest BCUT2D eigenvalue weighted by molar-refractivity contribution is 5.95. The van der Waals surface area contributed by atoms with Crippen molar-refractivity contribution >= 4 is 17.5 Å². The predicted octanol–water partition coefficient (Wildman–Crippen LogP) is 2.37. The molecule has 2 amide bonds. The zero-order valence-corrected chi connectivity index (χ0v) is 14.6. The highest BCUT2D eigenvalue weighted by Crippen LogP contribution is 2.18. The first-order valence-corrected chi connectivity index (χ1v) is 8.11. The largest absolute Gasteiger partial charge is 0.348 e. The molecule has 2 N–H and O–H groups in total. The SMILES string of the molecule is CC(=O)Nc1ccc(C(=O)NCc2cncc(-c3ccnn3C)c2)cc1. The van der Waals surface area contributed by atoms with E-state index in [9.17, 15) is 9.59 Å². The molecule has 2 heterocycles. The van der Waals surface area contributed by atoms with Gasteiger partial charge in [-0.3, -0.25) is 19.3 Å². The Morgan fingerprint density at radius 3 is 2.54 bits per heavy atom. The molecule has 0 fully saturated rings. The molecule has 0 aliphatic carbocycles. The average molecular weight is 349 g/mol. The first-order valence-electron chi connectivity index (χ1n) is 8.11. The normalized spacial score (nSPS) is 10.4. The third-order valence-corrected chi connectivity index (χ3v) is 3.83. The van der Waals surface area contributed by atoms with Gasteiger partial charge in [0.05, 0.1) is 5.69 Å². The number of rotatable bonds is 5. The van der Waals surface area contributed by atoms with Gasteiger partial charge in [0.25, 0.3) is 5.91 Å². The molecule has 0 aliphatic heterocycles. The first-order chi connectivity index (χ1) is 12.5. The fraction of sp³-hybridized carbons (Fsp3) is 0.158. The van der Waals surface area contributed by atoms with E-state index in [1.165, 1.54) is 6.92 Å². The van der Waals surface area contributed by atoms with Crippen molar-refractivity contribution in [1.82, 2.24) is 20.1 Å². The van der Waals surface area contributed by atoms with Crippen molar-refractivity contribution in [2.45, 2.75) is 13.5 Å². The first kappa shape index (κ1) is 17.3. The van der Waals surface area contributed by atoms with Crippen LogP contribution in [0.5, 0.6) is 0 Å². The van der Waals surface area contributed by atoms with E-state index in [2.05, 4.69) is 20.7 Å². The fourth-order valence-electron chi connectivity index (χ4n) is 2.57. The molecule has 0 saturated carbocycles. The van der Waals surface area contributed by atoms with Gasteiger partial charge in [0.1, 0.15) is 0 Å². The molecule has 0 aliphatic rings. The second-order valence-corrected chi connectivity index (χ2v) is 5.86. The second-order valence-electron chi connectivity index (χ2n) is 5.86. The molecule has 3 rings (SSSR count). The van der Waals surface area contributed by atoms with E-state index in [0.29, 0.717) is 17.8 Å². The monoisotopic (exact) mass is 349 g/mol. The number of benzene rings is 1. The Labute approximate surface area is 151 Å². The maximum atomic E-state index is 12.3. The minimum Gasteiger partial charge on any atom is -0.348 e. The summed E-state index contributed by atoms with van der Waals surface area (Å²) in [5.74, 6) is -0.340. The average Bonchev–Trinajstić information content (AvgIpc) is 3.06. The minimum absolute atomic E-state index is 0.150. The number of hydrogen-bond acceptors (Lipinski definition) is 4. The van der Waals surface area contributed by atoms with Crippen molar-refractivity contribution in [2.75, 3.05) is 5.32 Å². The van der Waals surface area contributed by atoms with Gasteiger partial charge in [-0.15, -0.1) is 0 Å². The van der Waals surface area contributed by atoms with Crippen molar-refractivity contribution < 1.29 is 9.59 Å². The number of anilines is 1. The standard InChI is InChI=1S/C19H19N5O2/c1-13(25)23-17-5-3-15(4-6-17)19(26)21-11-14-9-16(12-20-10-14)18-7-8-22-24(18)2/h3-10,12H,11H2,1-2H3,(H,21,26)(H,23,25). The number of amides is 2. The molecule has 1 aromatic carbocycles. The molecular weight excluding hydrogens is 330 g/mol. The van der Waals surface area contributed by atoms with Crippen molar-refractivity contribution in [3.63, 3.8) is 0 Å². The highest BCUT2D eigenvalue weighted by Gasteiger charge is 2.08. The molecule has 0 unspecified atom stereocenters. The van der Waals surface area contributed by atoms with E-state index in [4.69, 9.17) is 0 Å². The summed E-state index contributed by atoms with van der Waals surface area (Å²) in [5.41, 5.74) is 3.97. The molecule has 0 saturated heterocycles. The minimum atomic E-state index is -0.190. The maximum Gasteiger partial charge on any atom is 0.251 e. The molecule has 0 atom stereocenters. The summed E-state index contributed by atoms with van der Waals surface area (Å²) in [7, 11) is 1.87. The van der Waals surface area contributed by atoms with E-state index in [1.807, 2.05) is 19.2 Å². The number of aryl methyl sites for hydroxylation is 1. The van der Waals surface area contributed by atoms with Gasteiger partial charge in [-0.1, -0.05) is 0 Å². The van der Waals surface area contributed by atoms with Crippen molar-refractivity contribution in [3.8, 4) is 11.3 Å². The molecule has 132 valence electrons. The van der Waals surface area contributed by atoms with E-state index < -0.39 is 0 Å². The molecule has 0 bridgehead atoms. The molecule has 0 radical (unpaired) electrons. The van der Waals surface area contributed by atoms with Gasteiger partial charge in [-0.05, 0) is 42.0 Å². The molecular formula is C19H19N5O2. The Balaban J connectivity index is 1.64. The molecule has 3 aromatic rings. The number of aromatic nitrogens is 3. The lowest BCUT2D eigenvalue weighted by Gasteiger charge is -2.08. The lowest BCUT2D eigenvalue weighted by atomic mass is 10.1. The Morgan fingerprint density at radius 2 is 1.88 bits per heavy atom. The van der Waals surface area contributed by atoms with E-state index in [1.54, 1.807) is 47.5 Å². The van der Waals surface area contributed by atoms with Crippen LogP contribution in [0.25, 0.3) is 11.3 Å². The lowest BCUT2D eigenvalue weighted by molar-refractivity contribution is -0.114. The van der Waals surface area contributed by atoms with Crippen molar-refractivity contribution in [1.29, 1.82) is 0 Å². The summed E-state index contributed by atoms with van der Waals surface area (Å²) < 4.78 is 1.77. The van der Waals surface area contributed by atoms with Crippen LogP contribution in [0.2, 0.25) is 0 Å². The van der Waals surface area contributed by atoms with E-state index in [-0.39, 0.29) is 11.8 Å². The second kappa shape index (κ2) is 7.60. The Kier molecular flexibility index (Phi) is 5.07. The molecule has 7 heteroatoms. The molecule has 7 nitrogen and oxygen atoms in total. The summed E-state index contributed by atoms with van der Waals surface area (Å²) in [6.45, 7) is 1.80. The van der Waals surface area contributed by atoms with Gasteiger partial charge in [0.15, 0.2) is 0 Å². The summed E-state index contributed by atoms with van der Waals surface area (Å²) in [6, 6.07) is 10.6. The summed E-state index contributed by atoms with van der Waals surface area (Å²) in [6.07, 6.45) is 5.22. The number of pyridine rings is 1.